The van der Waals surface area contributed by atoms with E-state index in [1.165, 1.54) is 11.1 Å². The summed E-state index contributed by atoms with van der Waals surface area (Å²) in [5.41, 5.74) is 4.88. The van der Waals surface area contributed by atoms with Crippen molar-refractivity contribution < 1.29 is 9.53 Å². The summed E-state index contributed by atoms with van der Waals surface area (Å²) >= 11 is 0. The lowest BCUT2D eigenvalue weighted by molar-refractivity contribution is -0.142. The maximum absolute atomic E-state index is 12.7. The van der Waals surface area contributed by atoms with E-state index in [2.05, 4.69) is 43.4 Å². The highest BCUT2D eigenvalue weighted by Gasteiger charge is 2.37. The summed E-state index contributed by atoms with van der Waals surface area (Å²) in [5.74, 6) is 1.15. The second kappa shape index (κ2) is 6.52. The van der Waals surface area contributed by atoms with E-state index in [-0.39, 0.29) is 18.1 Å². The first-order valence-corrected chi connectivity index (χ1v) is 8.93. The van der Waals surface area contributed by atoms with Crippen molar-refractivity contribution in [1.29, 1.82) is 0 Å². The first-order valence-electron chi connectivity index (χ1n) is 8.93. The van der Waals surface area contributed by atoms with Gasteiger partial charge in [0.2, 0.25) is 5.91 Å². The van der Waals surface area contributed by atoms with E-state index in [1.807, 2.05) is 23.1 Å². The molecule has 2 heterocycles. The van der Waals surface area contributed by atoms with Crippen LogP contribution < -0.4 is 10.1 Å². The Morgan fingerprint density at radius 1 is 1.04 bits per heavy atom. The van der Waals surface area contributed by atoms with Crippen molar-refractivity contribution in [3.8, 4) is 5.75 Å². The molecule has 0 bridgehead atoms. The number of hydrogen-bond acceptors (Lipinski definition) is 3. The average molecular weight is 336 g/mol. The van der Waals surface area contributed by atoms with Crippen molar-refractivity contribution in [1.82, 2.24) is 10.2 Å². The van der Waals surface area contributed by atoms with Gasteiger partial charge < -0.3 is 15.0 Å². The van der Waals surface area contributed by atoms with Crippen LogP contribution in [-0.4, -0.2) is 36.0 Å². The highest BCUT2D eigenvalue weighted by Crippen LogP contribution is 2.27. The lowest BCUT2D eigenvalue weighted by Gasteiger charge is -2.42. The predicted molar refractivity (Wildman–Crippen MR) is 97.7 cm³/mol. The van der Waals surface area contributed by atoms with Gasteiger partial charge in [-0.2, -0.15) is 0 Å². The first-order chi connectivity index (χ1) is 12.1. The fourth-order valence-electron chi connectivity index (χ4n) is 3.69. The Bertz CT molecular complexity index is 776. The predicted octanol–water partition coefficient (Wildman–Crippen LogP) is 2.61. The van der Waals surface area contributed by atoms with Gasteiger partial charge in [0.25, 0.3) is 0 Å². The standard InChI is InChI=1S/C21H24N2O2/c1-14-6-5-7-15(2)20(14)25-18-12-23(13-18)21(24)19-10-16-8-3-4-9-17(16)11-22-19/h3-9,18-19,22H,10-13H2,1-2H3/t19-/m1/s1. The highest BCUT2D eigenvalue weighted by molar-refractivity contribution is 5.83. The number of rotatable bonds is 3. The molecule has 0 saturated carbocycles. The van der Waals surface area contributed by atoms with Gasteiger partial charge in [-0.05, 0) is 42.5 Å². The third-order valence-electron chi connectivity index (χ3n) is 5.23. The van der Waals surface area contributed by atoms with Crippen LogP contribution in [0.2, 0.25) is 0 Å². The summed E-state index contributed by atoms with van der Waals surface area (Å²) in [7, 11) is 0. The lowest BCUT2D eigenvalue weighted by atomic mass is 9.94. The van der Waals surface area contributed by atoms with E-state index in [4.69, 9.17) is 4.74 Å². The molecule has 4 nitrogen and oxygen atoms in total. The number of carbonyl (C=O) groups is 1. The summed E-state index contributed by atoms with van der Waals surface area (Å²) in [6.45, 7) is 6.24. The Labute approximate surface area is 148 Å². The maximum atomic E-state index is 12.7. The third kappa shape index (κ3) is 3.14. The van der Waals surface area contributed by atoms with Crippen LogP contribution in [0.1, 0.15) is 22.3 Å². The molecule has 0 radical (unpaired) electrons. The third-order valence-corrected chi connectivity index (χ3v) is 5.23. The molecule has 0 unspecified atom stereocenters. The molecule has 2 aliphatic rings. The second-order valence-corrected chi connectivity index (χ2v) is 7.11. The molecule has 0 aromatic heterocycles. The van der Waals surface area contributed by atoms with Crippen LogP contribution in [0.3, 0.4) is 0 Å². The molecule has 1 atom stereocenters. The van der Waals surface area contributed by atoms with E-state index in [0.29, 0.717) is 13.1 Å². The fraction of sp³-hybridized carbons (Fsp3) is 0.381. The number of carbonyl (C=O) groups excluding carboxylic acids is 1. The van der Waals surface area contributed by atoms with Gasteiger partial charge in [0.1, 0.15) is 11.9 Å². The number of amides is 1. The molecule has 2 aromatic rings. The van der Waals surface area contributed by atoms with Crippen LogP contribution in [-0.2, 0) is 17.8 Å². The molecular formula is C21H24N2O2. The van der Waals surface area contributed by atoms with Crippen LogP contribution in [0.4, 0.5) is 0 Å². The van der Waals surface area contributed by atoms with Gasteiger partial charge >= 0.3 is 0 Å². The first kappa shape index (κ1) is 16.2. The molecule has 25 heavy (non-hydrogen) atoms. The minimum absolute atomic E-state index is 0.0969. The summed E-state index contributed by atoms with van der Waals surface area (Å²) in [5, 5.41) is 3.37. The zero-order valence-electron chi connectivity index (χ0n) is 14.8. The number of nitrogens with zero attached hydrogens (tertiary/aromatic N) is 1. The number of nitrogens with one attached hydrogen (secondary N) is 1. The molecule has 2 aliphatic heterocycles. The molecule has 130 valence electrons. The minimum atomic E-state index is -0.115. The molecular weight excluding hydrogens is 312 g/mol. The molecule has 4 rings (SSSR count). The Kier molecular flexibility index (Phi) is 4.22. The topological polar surface area (TPSA) is 41.6 Å². The fourth-order valence-corrected chi connectivity index (χ4v) is 3.69. The van der Waals surface area contributed by atoms with Crippen molar-refractivity contribution in [2.24, 2.45) is 0 Å². The Balaban J connectivity index is 1.34. The van der Waals surface area contributed by atoms with Crippen molar-refractivity contribution >= 4 is 5.91 Å². The van der Waals surface area contributed by atoms with E-state index >= 15 is 0 Å². The van der Waals surface area contributed by atoms with Crippen molar-refractivity contribution in [3.63, 3.8) is 0 Å². The van der Waals surface area contributed by atoms with Gasteiger partial charge in [-0.1, -0.05) is 42.5 Å². The second-order valence-electron chi connectivity index (χ2n) is 7.11. The number of likely N-dealkylation sites (tertiary alicyclic amines) is 1. The summed E-state index contributed by atoms with van der Waals surface area (Å²) < 4.78 is 6.12. The SMILES string of the molecule is Cc1cccc(C)c1OC1CN(C(=O)[C@H]2Cc3ccccc3CN2)C1. The Morgan fingerprint density at radius 2 is 1.72 bits per heavy atom. The van der Waals surface area contributed by atoms with Crippen LogP contribution >= 0.6 is 0 Å². The molecule has 2 aromatic carbocycles. The smallest absolute Gasteiger partial charge is 0.240 e. The van der Waals surface area contributed by atoms with E-state index in [1.54, 1.807) is 0 Å². The number of para-hydroxylation sites is 1. The summed E-state index contributed by atoms with van der Waals surface area (Å²) in [6.07, 6.45) is 0.869. The van der Waals surface area contributed by atoms with Crippen LogP contribution in [0.15, 0.2) is 42.5 Å². The van der Waals surface area contributed by atoms with Gasteiger partial charge in [-0.3, -0.25) is 4.79 Å². The lowest BCUT2D eigenvalue weighted by Crippen LogP contribution is -2.61. The van der Waals surface area contributed by atoms with Gasteiger partial charge in [-0.25, -0.2) is 0 Å². The van der Waals surface area contributed by atoms with Gasteiger partial charge in [0.15, 0.2) is 0 Å². The molecule has 1 saturated heterocycles. The van der Waals surface area contributed by atoms with E-state index < -0.39 is 0 Å². The molecule has 0 aliphatic carbocycles. The number of aryl methyl sites for hydroxylation is 2. The summed E-state index contributed by atoms with van der Waals surface area (Å²) in [4.78, 5) is 14.6. The minimum Gasteiger partial charge on any atom is -0.486 e. The van der Waals surface area contributed by atoms with Crippen LogP contribution in [0, 0.1) is 13.8 Å². The largest absolute Gasteiger partial charge is 0.486 e. The zero-order chi connectivity index (χ0) is 17.4. The van der Waals surface area contributed by atoms with Gasteiger partial charge in [0.05, 0.1) is 19.1 Å². The number of fused-ring (bicyclic) bond motifs is 1. The van der Waals surface area contributed by atoms with Crippen molar-refractivity contribution in [2.45, 2.75) is 39.0 Å². The summed E-state index contributed by atoms with van der Waals surface area (Å²) in [6, 6.07) is 14.4. The zero-order valence-corrected chi connectivity index (χ0v) is 14.8. The maximum Gasteiger partial charge on any atom is 0.240 e. The quantitative estimate of drug-likeness (QED) is 0.937. The molecule has 0 spiro atoms. The molecule has 4 heteroatoms. The molecule has 1 fully saturated rings. The number of ether oxygens (including phenoxy) is 1. The van der Waals surface area contributed by atoms with Crippen molar-refractivity contribution in [3.05, 3.63) is 64.7 Å². The van der Waals surface area contributed by atoms with Gasteiger partial charge in [0, 0.05) is 6.54 Å². The highest BCUT2D eigenvalue weighted by atomic mass is 16.5. The van der Waals surface area contributed by atoms with Gasteiger partial charge in [-0.15, -0.1) is 0 Å². The molecule has 1 amide bonds. The monoisotopic (exact) mass is 336 g/mol. The Morgan fingerprint density at radius 3 is 2.44 bits per heavy atom. The van der Waals surface area contributed by atoms with Crippen molar-refractivity contribution in [2.75, 3.05) is 13.1 Å². The van der Waals surface area contributed by atoms with Crippen LogP contribution in [0.25, 0.3) is 0 Å². The average Bonchev–Trinajstić information content (AvgIpc) is 2.59. The number of benzene rings is 2. The number of hydrogen-bond donors (Lipinski definition) is 1. The molecule has 1 N–H and O–H groups in total. The normalized spacial score (nSPS) is 19.9. The van der Waals surface area contributed by atoms with Crippen LogP contribution in [0.5, 0.6) is 5.75 Å². The Hall–Kier alpha value is -2.33. The van der Waals surface area contributed by atoms with E-state index in [9.17, 15) is 4.79 Å². The van der Waals surface area contributed by atoms with E-state index in [0.717, 1.165) is 29.8 Å².